The van der Waals surface area contributed by atoms with Crippen LogP contribution in [-0.2, 0) is 22.5 Å². The lowest BCUT2D eigenvalue weighted by Crippen LogP contribution is -2.43. The van der Waals surface area contributed by atoms with Crippen molar-refractivity contribution in [2.45, 2.75) is 31.9 Å². The molecule has 1 aromatic carbocycles. The van der Waals surface area contributed by atoms with Crippen molar-refractivity contribution in [2.24, 2.45) is 5.92 Å². The molecular weight excluding hydrogens is 404 g/mol. The average molecular weight is 431 g/mol. The molecule has 0 bridgehead atoms. The first-order valence-electron chi connectivity index (χ1n) is 11.1. The summed E-state index contributed by atoms with van der Waals surface area (Å²) < 4.78 is 7.53. The smallest absolute Gasteiger partial charge is 0.256 e. The molecule has 0 spiro atoms. The van der Waals surface area contributed by atoms with Crippen LogP contribution in [0.3, 0.4) is 0 Å². The number of pyridine rings is 1. The summed E-state index contributed by atoms with van der Waals surface area (Å²) in [6.07, 6.45) is 7.09. The van der Waals surface area contributed by atoms with Crippen LogP contribution in [0.25, 0.3) is 11.3 Å². The van der Waals surface area contributed by atoms with Crippen molar-refractivity contribution in [3.8, 4) is 11.3 Å². The number of piperidine rings is 1. The predicted octanol–water partition coefficient (Wildman–Crippen LogP) is 2.86. The molecule has 164 valence electrons. The molecule has 1 unspecified atom stereocenters. The van der Waals surface area contributed by atoms with Gasteiger partial charge in [-0.25, -0.2) is 4.98 Å². The Kier molecular flexibility index (Phi) is 5.81. The van der Waals surface area contributed by atoms with Gasteiger partial charge in [-0.1, -0.05) is 24.3 Å². The summed E-state index contributed by atoms with van der Waals surface area (Å²) in [4.78, 5) is 36.2. The monoisotopic (exact) mass is 430 g/mol. The van der Waals surface area contributed by atoms with Gasteiger partial charge in [0.2, 0.25) is 0 Å². The van der Waals surface area contributed by atoms with E-state index in [9.17, 15) is 9.59 Å². The number of aromatic nitrogens is 3. The molecule has 0 radical (unpaired) electrons. The van der Waals surface area contributed by atoms with Gasteiger partial charge in [-0.15, -0.1) is 0 Å². The molecular formula is C25H26N4O3. The summed E-state index contributed by atoms with van der Waals surface area (Å²) in [5.41, 5.74) is 3.60. The number of carbonyl (C=O) groups excluding carboxylic acids is 1. The molecule has 7 heteroatoms. The molecule has 7 nitrogen and oxygen atoms in total. The Labute approximate surface area is 186 Å². The highest BCUT2D eigenvalue weighted by Gasteiger charge is 2.33. The number of benzene rings is 1. The van der Waals surface area contributed by atoms with E-state index in [1.54, 1.807) is 29.4 Å². The summed E-state index contributed by atoms with van der Waals surface area (Å²) in [6.45, 7) is 2.56. The molecule has 2 aliphatic heterocycles. The van der Waals surface area contributed by atoms with Crippen molar-refractivity contribution in [3.63, 3.8) is 0 Å². The Bertz CT molecular complexity index is 1150. The third kappa shape index (κ3) is 4.21. The minimum absolute atomic E-state index is 0.0512. The van der Waals surface area contributed by atoms with Crippen molar-refractivity contribution < 1.29 is 9.53 Å². The largest absolute Gasteiger partial charge is 0.363 e. The molecule has 2 aliphatic rings. The number of nitrogens with zero attached hydrogens (tertiary/aromatic N) is 4. The zero-order valence-electron chi connectivity index (χ0n) is 17.9. The Balaban J connectivity index is 1.20. The zero-order chi connectivity index (χ0) is 21.9. The summed E-state index contributed by atoms with van der Waals surface area (Å²) in [7, 11) is 0. The van der Waals surface area contributed by atoms with Crippen LogP contribution in [0.1, 0.15) is 30.1 Å². The van der Waals surface area contributed by atoms with Gasteiger partial charge in [0, 0.05) is 43.7 Å². The molecule has 0 N–H and O–H groups in total. The summed E-state index contributed by atoms with van der Waals surface area (Å²) in [5.74, 6) is 0.387. The van der Waals surface area contributed by atoms with Gasteiger partial charge in [-0.2, -0.15) is 0 Å². The molecule has 1 fully saturated rings. The Hall–Kier alpha value is -3.32. The summed E-state index contributed by atoms with van der Waals surface area (Å²) in [6, 6.07) is 13.3. The Morgan fingerprint density at radius 1 is 1.12 bits per heavy atom. The fourth-order valence-electron chi connectivity index (χ4n) is 4.61. The fourth-order valence-corrected chi connectivity index (χ4v) is 4.61. The predicted molar refractivity (Wildman–Crippen MR) is 120 cm³/mol. The average Bonchev–Trinajstić information content (AvgIpc) is 2.85. The third-order valence-corrected chi connectivity index (χ3v) is 6.44. The first-order valence-corrected chi connectivity index (χ1v) is 11.1. The van der Waals surface area contributed by atoms with Gasteiger partial charge in [0.05, 0.1) is 18.6 Å². The van der Waals surface area contributed by atoms with E-state index in [1.807, 2.05) is 35.2 Å². The highest BCUT2D eigenvalue weighted by molar-refractivity contribution is 5.83. The molecule has 3 aromatic rings. The first-order chi connectivity index (χ1) is 15.7. The molecule has 1 saturated heterocycles. The number of hydrogen-bond acceptors (Lipinski definition) is 5. The van der Waals surface area contributed by atoms with Crippen LogP contribution in [0, 0.1) is 5.92 Å². The second kappa shape index (κ2) is 9.04. The van der Waals surface area contributed by atoms with Crippen molar-refractivity contribution in [3.05, 3.63) is 82.7 Å². The molecule has 4 heterocycles. The number of likely N-dealkylation sites (tertiary alicyclic amines) is 1. The van der Waals surface area contributed by atoms with E-state index in [0.717, 1.165) is 30.4 Å². The van der Waals surface area contributed by atoms with E-state index in [1.165, 1.54) is 5.56 Å². The van der Waals surface area contributed by atoms with Crippen molar-refractivity contribution >= 4 is 5.91 Å². The highest BCUT2D eigenvalue weighted by Crippen LogP contribution is 2.30. The van der Waals surface area contributed by atoms with Crippen LogP contribution in [0.5, 0.6) is 0 Å². The lowest BCUT2D eigenvalue weighted by molar-refractivity contribution is -0.146. The molecule has 0 aliphatic carbocycles. The second-order valence-corrected chi connectivity index (χ2v) is 8.47. The van der Waals surface area contributed by atoms with Crippen molar-refractivity contribution in [1.82, 2.24) is 19.4 Å². The van der Waals surface area contributed by atoms with Crippen LogP contribution in [0.15, 0.2) is 66.0 Å². The Morgan fingerprint density at radius 3 is 2.75 bits per heavy atom. The lowest BCUT2D eigenvalue weighted by atomic mass is 9.94. The maximum Gasteiger partial charge on any atom is 0.256 e. The van der Waals surface area contributed by atoms with Gasteiger partial charge in [0.25, 0.3) is 11.5 Å². The van der Waals surface area contributed by atoms with E-state index in [-0.39, 0.29) is 11.5 Å². The van der Waals surface area contributed by atoms with Crippen LogP contribution >= 0.6 is 0 Å². The SMILES string of the molecule is O=C(C1OCCc2ccccc21)N1CCC(Cn2cnc(-c3cccnc3)cc2=O)CC1. The van der Waals surface area contributed by atoms with E-state index < -0.39 is 6.10 Å². The normalized spacial score (nSPS) is 18.9. The number of rotatable bonds is 4. The van der Waals surface area contributed by atoms with E-state index in [0.29, 0.717) is 37.9 Å². The minimum atomic E-state index is -0.497. The van der Waals surface area contributed by atoms with E-state index in [4.69, 9.17) is 4.74 Å². The van der Waals surface area contributed by atoms with Crippen LogP contribution in [-0.4, -0.2) is 45.0 Å². The van der Waals surface area contributed by atoms with Crippen molar-refractivity contribution in [2.75, 3.05) is 19.7 Å². The third-order valence-electron chi connectivity index (χ3n) is 6.44. The molecule has 0 saturated carbocycles. The standard InChI is InChI=1S/C25H26N4O3/c30-23-14-22(20-5-3-10-26-15-20)27-17-29(23)16-18-7-11-28(12-8-18)25(31)24-21-6-2-1-4-19(21)9-13-32-24/h1-6,10,14-15,17-18,24H,7-9,11-13,16H2. The van der Waals surface area contributed by atoms with Gasteiger partial charge in [0.15, 0.2) is 6.10 Å². The number of amides is 1. The molecule has 2 aromatic heterocycles. The molecule has 32 heavy (non-hydrogen) atoms. The maximum atomic E-state index is 13.1. The topological polar surface area (TPSA) is 77.3 Å². The maximum absolute atomic E-state index is 13.1. The Morgan fingerprint density at radius 2 is 1.97 bits per heavy atom. The molecule has 1 atom stereocenters. The van der Waals surface area contributed by atoms with E-state index in [2.05, 4.69) is 16.0 Å². The number of fused-ring (bicyclic) bond motifs is 1. The summed E-state index contributed by atoms with van der Waals surface area (Å²) in [5, 5.41) is 0. The van der Waals surface area contributed by atoms with Crippen LogP contribution < -0.4 is 5.56 Å². The first kappa shape index (κ1) is 20.6. The number of carbonyl (C=O) groups is 1. The zero-order valence-corrected chi connectivity index (χ0v) is 17.9. The number of hydrogen-bond donors (Lipinski definition) is 0. The molecule has 5 rings (SSSR count). The van der Waals surface area contributed by atoms with Gasteiger partial charge in [-0.3, -0.25) is 19.1 Å². The van der Waals surface area contributed by atoms with Gasteiger partial charge < -0.3 is 9.64 Å². The highest BCUT2D eigenvalue weighted by atomic mass is 16.5. The summed E-state index contributed by atoms with van der Waals surface area (Å²) >= 11 is 0. The molecule has 1 amide bonds. The lowest BCUT2D eigenvalue weighted by Gasteiger charge is -2.35. The quantitative estimate of drug-likeness (QED) is 0.636. The minimum Gasteiger partial charge on any atom is -0.363 e. The van der Waals surface area contributed by atoms with Gasteiger partial charge in [0.1, 0.15) is 0 Å². The van der Waals surface area contributed by atoms with Gasteiger partial charge >= 0.3 is 0 Å². The number of ether oxygens (including phenoxy) is 1. The van der Waals surface area contributed by atoms with Crippen molar-refractivity contribution in [1.29, 1.82) is 0 Å². The van der Waals surface area contributed by atoms with E-state index >= 15 is 0 Å². The van der Waals surface area contributed by atoms with Crippen LogP contribution in [0.4, 0.5) is 0 Å². The van der Waals surface area contributed by atoms with Gasteiger partial charge in [-0.05, 0) is 48.4 Å². The van der Waals surface area contributed by atoms with Crippen LogP contribution in [0.2, 0.25) is 0 Å². The second-order valence-electron chi connectivity index (χ2n) is 8.47. The fraction of sp³-hybridized carbons (Fsp3) is 0.360.